The van der Waals surface area contributed by atoms with E-state index in [0.717, 1.165) is 31.4 Å². The minimum Gasteiger partial charge on any atom is -0.494 e. The predicted octanol–water partition coefficient (Wildman–Crippen LogP) is 3.73. The molecule has 40 heavy (non-hydrogen) atoms. The van der Waals surface area contributed by atoms with Gasteiger partial charge in [-0.15, -0.1) is 0 Å². The van der Waals surface area contributed by atoms with Crippen LogP contribution in [0.5, 0.6) is 5.75 Å². The lowest BCUT2D eigenvalue weighted by Gasteiger charge is -2.15. The van der Waals surface area contributed by atoms with Crippen molar-refractivity contribution in [1.29, 1.82) is 0 Å². The van der Waals surface area contributed by atoms with Crippen molar-refractivity contribution in [2.45, 2.75) is 72.1 Å². The predicted molar refractivity (Wildman–Crippen MR) is 161 cm³/mol. The van der Waals surface area contributed by atoms with E-state index in [-0.39, 0.29) is 24.5 Å². The lowest BCUT2D eigenvalue weighted by Crippen LogP contribution is -2.39. The molecule has 3 amide bonds. The third kappa shape index (κ3) is 21.5. The molecule has 1 unspecified atom stereocenters. The molecule has 2 atom stereocenters. The summed E-state index contributed by atoms with van der Waals surface area (Å²) in [4.78, 5) is 31.2. The van der Waals surface area contributed by atoms with Crippen molar-refractivity contribution in [3.63, 3.8) is 0 Å². The molecule has 2 rings (SSSR count). The first-order valence-electron chi connectivity index (χ1n) is 13.8. The first kappa shape index (κ1) is 36.6. The highest BCUT2D eigenvalue weighted by Crippen LogP contribution is 2.12. The molecule has 2 aromatic rings. The Morgan fingerprint density at radius 3 is 2.20 bits per heavy atom. The maximum atomic E-state index is 11.1. The van der Waals surface area contributed by atoms with Gasteiger partial charge in [-0.1, -0.05) is 61.9 Å². The minimum atomic E-state index is -0.139. The molecule has 0 saturated heterocycles. The Kier molecular flexibility index (Phi) is 22.5. The fourth-order valence-corrected chi connectivity index (χ4v) is 3.65. The first-order chi connectivity index (χ1) is 19.2. The van der Waals surface area contributed by atoms with Crippen LogP contribution < -0.4 is 26.4 Å². The van der Waals surface area contributed by atoms with Crippen LogP contribution in [0.4, 0.5) is 0 Å². The van der Waals surface area contributed by atoms with Crippen molar-refractivity contribution in [2.75, 3.05) is 26.8 Å². The molecule has 0 spiro atoms. The average Bonchev–Trinajstić information content (AvgIpc) is 2.93. The number of nitrogens with one attached hydrogen (secondary N) is 3. The van der Waals surface area contributed by atoms with E-state index in [2.05, 4.69) is 36.7 Å². The van der Waals surface area contributed by atoms with Crippen LogP contribution in [-0.4, -0.2) is 57.6 Å². The zero-order chi connectivity index (χ0) is 30.0. The van der Waals surface area contributed by atoms with Crippen LogP contribution in [0.1, 0.15) is 57.6 Å². The van der Waals surface area contributed by atoms with E-state index < -0.39 is 0 Å². The summed E-state index contributed by atoms with van der Waals surface area (Å²) in [6.07, 6.45) is 5.03. The van der Waals surface area contributed by atoms with Crippen molar-refractivity contribution in [1.82, 2.24) is 16.0 Å². The number of nitrogens with two attached hydrogens (primary N) is 1. The van der Waals surface area contributed by atoms with Crippen LogP contribution in [0.3, 0.4) is 0 Å². The van der Waals surface area contributed by atoms with E-state index in [1.807, 2.05) is 61.5 Å². The van der Waals surface area contributed by atoms with Gasteiger partial charge in [-0.2, -0.15) is 0 Å². The number of ether oxygens (including phenoxy) is 2. The molecule has 0 bridgehead atoms. The number of carbonyl (C=O) groups is 3. The molecule has 0 saturated carbocycles. The van der Waals surface area contributed by atoms with Crippen LogP contribution in [0.25, 0.3) is 0 Å². The standard InChI is InChI=1S/C14H22N2O2.C9H18N2O2.C8H10O/c1-12-5-7-14(8-6-12)18-9-3-2-4-13(10-15)16-11-17;1-7(2)4-8(3)11-9(13)5-10-6-12;1-9-7-8-5-3-2-4-6-8/h5-8,11,13H,2-4,9-10,15H2,1H3,(H,16,17);6-8H,4-5H2,1-3H3,(H,10,12)(H,11,13);2-6H,7H2,1H3/t13-;;/m0../s1. The Morgan fingerprint density at radius 2 is 1.65 bits per heavy atom. The van der Waals surface area contributed by atoms with E-state index in [0.29, 0.717) is 38.5 Å². The lowest BCUT2D eigenvalue weighted by atomic mass is 10.1. The molecule has 0 heterocycles. The van der Waals surface area contributed by atoms with Gasteiger partial charge in [0.25, 0.3) is 0 Å². The second kappa shape index (κ2) is 24.6. The van der Waals surface area contributed by atoms with E-state index >= 15 is 0 Å². The normalized spacial score (nSPS) is 11.5. The highest BCUT2D eigenvalue weighted by Gasteiger charge is 2.08. The Bertz CT molecular complexity index is 894. The topological polar surface area (TPSA) is 132 Å². The van der Waals surface area contributed by atoms with Gasteiger partial charge in [-0.05, 0) is 63.1 Å². The number of hydrogen-bond acceptors (Lipinski definition) is 6. The van der Waals surface area contributed by atoms with Crippen LogP contribution in [0, 0.1) is 12.8 Å². The van der Waals surface area contributed by atoms with Gasteiger partial charge in [0.1, 0.15) is 5.75 Å². The van der Waals surface area contributed by atoms with E-state index in [4.69, 9.17) is 15.2 Å². The van der Waals surface area contributed by atoms with E-state index in [9.17, 15) is 14.4 Å². The summed E-state index contributed by atoms with van der Waals surface area (Å²) in [5, 5.41) is 7.80. The Labute approximate surface area is 240 Å². The number of amides is 3. The van der Waals surface area contributed by atoms with Crippen LogP contribution >= 0.6 is 0 Å². The minimum absolute atomic E-state index is 0.0614. The van der Waals surface area contributed by atoms with Gasteiger partial charge in [-0.25, -0.2) is 0 Å². The van der Waals surface area contributed by atoms with Crippen molar-refractivity contribution >= 4 is 18.7 Å². The first-order valence-corrected chi connectivity index (χ1v) is 13.8. The average molecular weight is 559 g/mol. The molecule has 9 nitrogen and oxygen atoms in total. The number of unbranched alkanes of at least 4 members (excludes halogenated alkanes) is 1. The quantitative estimate of drug-likeness (QED) is 0.173. The fraction of sp³-hybridized carbons (Fsp3) is 0.516. The molecular formula is C31H50N4O5. The summed E-state index contributed by atoms with van der Waals surface area (Å²) in [6, 6.07) is 18.4. The summed E-state index contributed by atoms with van der Waals surface area (Å²) in [7, 11) is 1.70. The second-order valence-corrected chi connectivity index (χ2v) is 9.89. The number of carbonyl (C=O) groups excluding carboxylic acids is 3. The van der Waals surface area contributed by atoms with E-state index in [1.54, 1.807) is 7.11 Å². The third-order valence-corrected chi connectivity index (χ3v) is 5.56. The maximum Gasteiger partial charge on any atom is 0.239 e. The summed E-state index contributed by atoms with van der Waals surface area (Å²) in [5.41, 5.74) is 7.98. The summed E-state index contributed by atoms with van der Waals surface area (Å²) in [6.45, 7) is 10.2. The molecule has 0 aliphatic rings. The second-order valence-electron chi connectivity index (χ2n) is 9.89. The molecular weight excluding hydrogens is 508 g/mol. The molecule has 2 aromatic carbocycles. The number of methoxy groups -OCH3 is 1. The van der Waals surface area contributed by atoms with Crippen molar-refractivity contribution in [3.05, 3.63) is 65.7 Å². The van der Waals surface area contributed by atoms with Gasteiger partial charge in [0, 0.05) is 25.7 Å². The SMILES string of the molecule is CC(C)CC(C)NC(=O)CNC=O.COCc1ccccc1.Cc1ccc(OCCCC[C@@H](CN)NC=O)cc1. The number of benzene rings is 2. The van der Waals surface area contributed by atoms with Gasteiger partial charge < -0.3 is 31.2 Å². The Hall–Kier alpha value is -3.43. The number of aryl methyl sites for hydroxylation is 1. The largest absolute Gasteiger partial charge is 0.494 e. The highest BCUT2D eigenvalue weighted by atomic mass is 16.5. The zero-order valence-electron chi connectivity index (χ0n) is 24.9. The smallest absolute Gasteiger partial charge is 0.239 e. The van der Waals surface area contributed by atoms with Gasteiger partial charge >= 0.3 is 0 Å². The number of rotatable bonds is 17. The maximum absolute atomic E-state index is 11.1. The molecule has 0 aromatic heterocycles. The zero-order valence-corrected chi connectivity index (χ0v) is 24.9. The Balaban J connectivity index is 0.000000606. The molecule has 0 fully saturated rings. The van der Waals surface area contributed by atoms with Crippen molar-refractivity contribution < 1.29 is 23.9 Å². The van der Waals surface area contributed by atoms with Crippen LogP contribution in [0.2, 0.25) is 0 Å². The fourth-order valence-electron chi connectivity index (χ4n) is 3.65. The Morgan fingerprint density at radius 1 is 0.975 bits per heavy atom. The third-order valence-electron chi connectivity index (χ3n) is 5.56. The molecule has 5 N–H and O–H groups in total. The molecule has 0 aliphatic carbocycles. The number of hydrogen-bond donors (Lipinski definition) is 4. The van der Waals surface area contributed by atoms with Gasteiger partial charge in [0.15, 0.2) is 0 Å². The summed E-state index contributed by atoms with van der Waals surface area (Å²) in [5.74, 6) is 1.33. The van der Waals surface area contributed by atoms with E-state index in [1.165, 1.54) is 11.1 Å². The molecule has 9 heteroatoms. The van der Waals surface area contributed by atoms with Crippen LogP contribution in [0.15, 0.2) is 54.6 Å². The molecule has 0 aliphatic heterocycles. The summed E-state index contributed by atoms with van der Waals surface area (Å²) >= 11 is 0. The molecule has 0 radical (unpaired) electrons. The van der Waals surface area contributed by atoms with Gasteiger partial charge in [0.05, 0.1) is 19.8 Å². The van der Waals surface area contributed by atoms with Gasteiger partial charge in [-0.3, -0.25) is 14.4 Å². The highest BCUT2D eigenvalue weighted by molar-refractivity contribution is 5.79. The van der Waals surface area contributed by atoms with Crippen LogP contribution in [-0.2, 0) is 25.7 Å². The van der Waals surface area contributed by atoms with Crippen molar-refractivity contribution in [3.8, 4) is 5.75 Å². The monoisotopic (exact) mass is 558 g/mol. The lowest BCUT2D eigenvalue weighted by molar-refractivity contribution is -0.122. The molecule has 224 valence electrons. The summed E-state index contributed by atoms with van der Waals surface area (Å²) < 4.78 is 10.5. The van der Waals surface area contributed by atoms with Gasteiger partial charge in [0.2, 0.25) is 18.7 Å². The van der Waals surface area contributed by atoms with Crippen molar-refractivity contribution in [2.24, 2.45) is 11.7 Å².